The van der Waals surface area contributed by atoms with Crippen LogP contribution in [-0.2, 0) is 18.9 Å². The molecule has 0 bridgehead atoms. The molecule has 4 rings (SSSR count). The average Bonchev–Trinajstić information content (AvgIpc) is 2.76. The molecule has 0 saturated carbocycles. The van der Waals surface area contributed by atoms with E-state index in [4.69, 9.17) is 18.9 Å². The van der Waals surface area contributed by atoms with Crippen LogP contribution in [0.5, 0.6) is 0 Å². The Morgan fingerprint density at radius 3 is 2.03 bits per heavy atom. The Bertz CT molecular complexity index is 944. The van der Waals surface area contributed by atoms with E-state index in [9.17, 15) is 10.2 Å². The highest BCUT2D eigenvalue weighted by Crippen LogP contribution is 2.44. The summed E-state index contributed by atoms with van der Waals surface area (Å²) in [5, 5.41) is 20.5. The molecule has 6 atom stereocenters. The van der Waals surface area contributed by atoms with E-state index in [1.165, 1.54) is 11.1 Å². The first-order valence-electron chi connectivity index (χ1n) is 10.8. The Hall–Kier alpha value is -1.80. The summed E-state index contributed by atoms with van der Waals surface area (Å²) in [5.41, 5.74) is 5.23. The van der Waals surface area contributed by atoms with Crippen LogP contribution in [0.4, 0.5) is 0 Å². The van der Waals surface area contributed by atoms with Crippen LogP contribution in [0.25, 0.3) is 0 Å². The number of fused-ring (bicyclic) bond motifs is 1. The zero-order valence-corrected chi connectivity index (χ0v) is 18.8. The highest BCUT2D eigenvalue weighted by molar-refractivity contribution is 5.32. The number of aryl methyl sites for hydroxylation is 4. The zero-order valence-electron chi connectivity index (χ0n) is 18.8. The molecule has 2 fully saturated rings. The molecule has 0 spiro atoms. The largest absolute Gasteiger partial charge is 0.394 e. The summed E-state index contributed by atoms with van der Waals surface area (Å²) in [4.78, 5) is 0. The number of hydrogen-bond acceptors (Lipinski definition) is 6. The molecule has 6 heteroatoms. The normalized spacial score (nSPS) is 31.8. The fraction of sp³-hybridized carbons (Fsp3) is 0.520. The third kappa shape index (κ3) is 4.16. The van der Waals surface area contributed by atoms with Crippen molar-refractivity contribution < 1.29 is 29.2 Å². The van der Waals surface area contributed by atoms with Crippen LogP contribution >= 0.6 is 0 Å². The fourth-order valence-electron chi connectivity index (χ4n) is 4.22. The van der Waals surface area contributed by atoms with Gasteiger partial charge in [0, 0.05) is 11.1 Å². The summed E-state index contributed by atoms with van der Waals surface area (Å²) in [7, 11) is 0. The van der Waals surface area contributed by atoms with E-state index < -0.39 is 43.1 Å². The summed E-state index contributed by atoms with van der Waals surface area (Å²) in [6.45, 7) is 9.80. The minimum absolute atomic E-state index is 0.292. The minimum atomic E-state index is -1.18. The Labute approximate surface area is 183 Å². The fourth-order valence-corrected chi connectivity index (χ4v) is 4.22. The maximum Gasteiger partial charge on any atom is 0.185 e. The van der Waals surface area contributed by atoms with Gasteiger partial charge in [-0.15, -0.1) is 0 Å². The molecule has 2 saturated heterocycles. The Balaban J connectivity index is 1.63. The topological polar surface area (TPSA) is 77.4 Å². The lowest BCUT2D eigenvalue weighted by Gasteiger charge is -2.52. The number of benzene rings is 2. The van der Waals surface area contributed by atoms with Crippen molar-refractivity contribution in [3.8, 4) is 0 Å². The van der Waals surface area contributed by atoms with Gasteiger partial charge in [-0.3, -0.25) is 0 Å². The van der Waals surface area contributed by atoms with Gasteiger partial charge in [-0.2, -0.15) is 0 Å². The van der Waals surface area contributed by atoms with Gasteiger partial charge in [0.2, 0.25) is 0 Å². The van der Waals surface area contributed by atoms with E-state index in [0.29, 0.717) is 6.61 Å². The van der Waals surface area contributed by atoms with Crippen molar-refractivity contribution >= 4 is 0 Å². The lowest BCUT2D eigenvalue weighted by Crippen LogP contribution is -2.65. The number of aliphatic hydroxyl groups excluding tert-OH is 2. The van der Waals surface area contributed by atoms with E-state index in [0.717, 1.165) is 22.3 Å². The van der Waals surface area contributed by atoms with Crippen molar-refractivity contribution in [2.24, 2.45) is 0 Å². The molecule has 0 aliphatic carbocycles. The van der Waals surface area contributed by atoms with Crippen LogP contribution in [0.1, 0.15) is 52.9 Å². The van der Waals surface area contributed by atoms with Gasteiger partial charge in [0.15, 0.2) is 12.6 Å². The molecule has 2 aromatic rings. The van der Waals surface area contributed by atoms with Crippen LogP contribution < -0.4 is 0 Å². The average molecular weight is 429 g/mol. The SMILES string of the molecule is Cc1ccc(C2OC[C@@H]3OC(c4ccc(C)c(C)c4)O[C@](C)([C@H](O)CO)[C@@H]3O2)cc1C. The molecule has 168 valence electrons. The molecule has 2 heterocycles. The maximum atomic E-state index is 10.7. The lowest BCUT2D eigenvalue weighted by molar-refractivity contribution is -0.401. The molecule has 0 radical (unpaired) electrons. The molecule has 2 aliphatic heterocycles. The third-order valence-corrected chi connectivity index (χ3v) is 6.68. The summed E-state index contributed by atoms with van der Waals surface area (Å²) in [6, 6.07) is 12.1. The second kappa shape index (κ2) is 8.62. The standard InChI is InChI=1S/C25H32O6/c1-14-6-8-18(10-16(14)3)23-28-13-20-22(30-23)25(5,21(27)12-26)31-24(29-20)19-9-7-15(2)17(4)11-19/h6-11,20-24,26-27H,12-13H2,1-5H3/t20-,21+,22+,23?,24?,25+/m0/s1. The highest BCUT2D eigenvalue weighted by Gasteiger charge is 2.55. The van der Waals surface area contributed by atoms with E-state index in [1.807, 2.05) is 57.2 Å². The quantitative estimate of drug-likeness (QED) is 0.776. The van der Waals surface area contributed by atoms with Gasteiger partial charge < -0.3 is 29.2 Å². The smallest absolute Gasteiger partial charge is 0.185 e. The van der Waals surface area contributed by atoms with Gasteiger partial charge in [0.1, 0.15) is 23.9 Å². The van der Waals surface area contributed by atoms with Crippen molar-refractivity contribution in [2.75, 3.05) is 13.2 Å². The van der Waals surface area contributed by atoms with Gasteiger partial charge in [0.05, 0.1) is 13.2 Å². The van der Waals surface area contributed by atoms with Crippen LogP contribution in [0.3, 0.4) is 0 Å². The van der Waals surface area contributed by atoms with Crippen molar-refractivity contribution in [2.45, 2.75) is 71.1 Å². The predicted octanol–water partition coefficient (Wildman–Crippen LogP) is 3.56. The Kier molecular flexibility index (Phi) is 6.23. The molecule has 2 aromatic carbocycles. The first kappa shape index (κ1) is 22.4. The first-order valence-corrected chi connectivity index (χ1v) is 10.8. The maximum absolute atomic E-state index is 10.7. The van der Waals surface area contributed by atoms with Crippen molar-refractivity contribution in [3.05, 3.63) is 69.8 Å². The lowest BCUT2D eigenvalue weighted by atomic mass is 9.86. The molecule has 2 unspecified atom stereocenters. The van der Waals surface area contributed by atoms with Gasteiger partial charge in [-0.1, -0.05) is 36.4 Å². The molecule has 2 aliphatic rings. The first-order chi connectivity index (χ1) is 14.7. The Morgan fingerprint density at radius 2 is 1.48 bits per heavy atom. The highest BCUT2D eigenvalue weighted by atomic mass is 16.8. The summed E-state index contributed by atoms with van der Waals surface area (Å²) < 4.78 is 24.8. The monoisotopic (exact) mass is 428 g/mol. The zero-order chi connectivity index (χ0) is 22.3. The van der Waals surface area contributed by atoms with E-state index in [1.54, 1.807) is 6.92 Å². The summed E-state index contributed by atoms with van der Waals surface area (Å²) in [5.74, 6) is 0. The molecule has 0 amide bonds. The van der Waals surface area contributed by atoms with E-state index >= 15 is 0 Å². The van der Waals surface area contributed by atoms with Crippen LogP contribution in [0.15, 0.2) is 36.4 Å². The van der Waals surface area contributed by atoms with Gasteiger partial charge in [-0.25, -0.2) is 0 Å². The molecule has 6 nitrogen and oxygen atoms in total. The molecule has 2 N–H and O–H groups in total. The number of hydrogen-bond donors (Lipinski definition) is 2. The molecular formula is C25H32O6. The number of ether oxygens (including phenoxy) is 4. The Morgan fingerprint density at radius 1 is 0.903 bits per heavy atom. The van der Waals surface area contributed by atoms with Crippen molar-refractivity contribution in [3.63, 3.8) is 0 Å². The van der Waals surface area contributed by atoms with Crippen LogP contribution in [0.2, 0.25) is 0 Å². The van der Waals surface area contributed by atoms with E-state index in [2.05, 4.69) is 6.92 Å². The summed E-state index contributed by atoms with van der Waals surface area (Å²) in [6.07, 6.45) is -3.50. The number of aliphatic hydroxyl groups is 2. The van der Waals surface area contributed by atoms with Crippen LogP contribution in [0, 0.1) is 27.7 Å². The summed E-state index contributed by atoms with van der Waals surface area (Å²) >= 11 is 0. The minimum Gasteiger partial charge on any atom is -0.394 e. The molecule has 31 heavy (non-hydrogen) atoms. The van der Waals surface area contributed by atoms with Gasteiger partial charge >= 0.3 is 0 Å². The molecule has 0 aromatic heterocycles. The molecular weight excluding hydrogens is 396 g/mol. The van der Waals surface area contributed by atoms with Gasteiger partial charge in [0.25, 0.3) is 0 Å². The predicted molar refractivity (Wildman–Crippen MR) is 116 cm³/mol. The second-order valence-electron chi connectivity index (χ2n) is 8.92. The van der Waals surface area contributed by atoms with Crippen molar-refractivity contribution in [1.82, 2.24) is 0 Å². The third-order valence-electron chi connectivity index (χ3n) is 6.68. The second-order valence-corrected chi connectivity index (χ2v) is 8.92. The van der Waals surface area contributed by atoms with Crippen LogP contribution in [-0.4, -0.2) is 47.3 Å². The number of rotatable bonds is 4. The van der Waals surface area contributed by atoms with Gasteiger partial charge in [-0.05, 0) is 56.9 Å². The van der Waals surface area contributed by atoms with Crippen molar-refractivity contribution in [1.29, 1.82) is 0 Å². The van der Waals surface area contributed by atoms with E-state index in [-0.39, 0.29) is 0 Å².